The Kier molecular flexibility index (Phi) is 11.2. The zero-order valence-corrected chi connectivity index (χ0v) is 24.4. The van der Waals surface area contributed by atoms with Gasteiger partial charge in [-0.3, -0.25) is 0 Å². The highest BCUT2D eigenvalue weighted by molar-refractivity contribution is 7.80. The lowest BCUT2D eigenvalue weighted by molar-refractivity contribution is 0.0380. The maximum absolute atomic E-state index is 13.9. The third-order valence-corrected chi connectivity index (χ3v) is 6.99. The van der Waals surface area contributed by atoms with Gasteiger partial charge in [0, 0.05) is 25.7 Å². The number of halogens is 1. The van der Waals surface area contributed by atoms with Crippen LogP contribution in [0.4, 0.5) is 15.9 Å². The van der Waals surface area contributed by atoms with Crippen LogP contribution in [-0.4, -0.2) is 63.8 Å². The largest absolute Gasteiger partial charge is 0.471 e. The van der Waals surface area contributed by atoms with Gasteiger partial charge in [-0.2, -0.15) is 0 Å². The average Bonchev–Trinajstić information content (AvgIpc) is 3.61. The molecule has 2 unspecified atom stereocenters. The summed E-state index contributed by atoms with van der Waals surface area (Å²) in [7, 11) is 1.94. The number of para-hydroxylation sites is 1. The smallest absolute Gasteiger partial charge is 0.261 e. The molecule has 0 spiro atoms. The standard InChI is InChI=1S/C30H38FN7O2S/c1-4-9-23(31)18-22(5-2)14-16-37(3)28-27-29(33-20-32-28)38(21-34-27)35-19-26-13-12-25(40-26)15-17-39-30(41)36-24-10-7-6-8-11-24/h5-11,18,20-21,25-26,35H,2,4,12-17,19H2,1,3H3,(H,36,41)/b22-18+,23-9+. The first kappa shape index (κ1) is 30.1. The van der Waals surface area contributed by atoms with Gasteiger partial charge < -0.3 is 25.1 Å². The first-order chi connectivity index (χ1) is 20.0. The molecule has 4 rings (SSSR count). The van der Waals surface area contributed by atoms with Gasteiger partial charge in [0.25, 0.3) is 5.17 Å². The number of nitrogens with one attached hydrogen (secondary N) is 2. The second-order valence-electron chi connectivity index (χ2n) is 9.81. The van der Waals surface area contributed by atoms with E-state index in [1.165, 1.54) is 12.4 Å². The van der Waals surface area contributed by atoms with Crippen molar-refractivity contribution < 1.29 is 13.9 Å². The highest BCUT2D eigenvalue weighted by atomic mass is 32.1. The molecular formula is C30H38FN7O2S. The minimum absolute atomic E-state index is 0.0714. The summed E-state index contributed by atoms with van der Waals surface area (Å²) >= 11 is 5.28. The second-order valence-corrected chi connectivity index (χ2v) is 10.2. The van der Waals surface area contributed by atoms with Crippen LogP contribution in [0.1, 0.15) is 39.0 Å². The first-order valence-electron chi connectivity index (χ1n) is 13.9. The van der Waals surface area contributed by atoms with Crippen molar-refractivity contribution in [1.29, 1.82) is 0 Å². The maximum atomic E-state index is 13.9. The number of benzene rings is 1. The molecule has 0 aliphatic carbocycles. The third kappa shape index (κ3) is 8.83. The molecule has 41 heavy (non-hydrogen) atoms. The molecule has 3 heterocycles. The van der Waals surface area contributed by atoms with Crippen LogP contribution in [0, 0.1) is 0 Å². The van der Waals surface area contributed by atoms with Crippen LogP contribution in [0.5, 0.6) is 0 Å². The number of hydrogen-bond acceptors (Lipinski definition) is 8. The van der Waals surface area contributed by atoms with Crippen molar-refractivity contribution in [2.45, 2.75) is 51.2 Å². The summed E-state index contributed by atoms with van der Waals surface area (Å²) in [6, 6.07) is 9.72. The van der Waals surface area contributed by atoms with E-state index in [0.29, 0.717) is 54.7 Å². The molecule has 1 fully saturated rings. The number of imidazole rings is 1. The number of anilines is 2. The molecule has 2 atom stereocenters. The number of nitrogens with zero attached hydrogens (tertiary/aromatic N) is 5. The summed E-state index contributed by atoms with van der Waals surface area (Å²) in [5.74, 6) is 0.464. The Morgan fingerprint density at radius 1 is 1.24 bits per heavy atom. The fourth-order valence-corrected chi connectivity index (χ4v) is 4.79. The quantitative estimate of drug-likeness (QED) is 0.178. The summed E-state index contributed by atoms with van der Waals surface area (Å²) < 4.78 is 27.6. The molecule has 0 saturated carbocycles. The number of thiocarbonyl (C=S) groups is 1. The van der Waals surface area contributed by atoms with E-state index >= 15 is 0 Å². The Hall–Kier alpha value is -3.83. The van der Waals surface area contributed by atoms with Gasteiger partial charge in [0.1, 0.15) is 18.5 Å². The molecule has 9 nitrogen and oxygen atoms in total. The van der Waals surface area contributed by atoms with Crippen LogP contribution in [0.15, 0.2) is 79.2 Å². The van der Waals surface area contributed by atoms with Crippen molar-refractivity contribution in [3.63, 3.8) is 0 Å². The van der Waals surface area contributed by atoms with E-state index in [4.69, 9.17) is 21.7 Å². The zero-order valence-electron chi connectivity index (χ0n) is 23.6. The summed E-state index contributed by atoms with van der Waals surface area (Å²) in [4.78, 5) is 15.5. The molecule has 2 N–H and O–H groups in total. The van der Waals surface area contributed by atoms with Crippen LogP contribution in [0.25, 0.3) is 11.2 Å². The molecular weight excluding hydrogens is 541 g/mol. The second kappa shape index (κ2) is 15.2. The van der Waals surface area contributed by atoms with Crippen LogP contribution >= 0.6 is 12.2 Å². The Bertz CT molecular complexity index is 1360. The van der Waals surface area contributed by atoms with Crippen molar-refractivity contribution in [2.24, 2.45) is 0 Å². The third-order valence-electron chi connectivity index (χ3n) is 6.77. The SMILES string of the molecule is C=C/C(=C\C(F)=C/CC)CCN(C)c1ncnc2c1ncn2NCC1CCC(CCOC(=S)Nc2ccccc2)O1. The van der Waals surface area contributed by atoms with Crippen LogP contribution in [0.3, 0.4) is 0 Å². The van der Waals surface area contributed by atoms with Gasteiger partial charge in [-0.1, -0.05) is 37.8 Å². The van der Waals surface area contributed by atoms with Gasteiger partial charge in [-0.05, 0) is 67.8 Å². The van der Waals surface area contributed by atoms with Crippen molar-refractivity contribution in [3.05, 3.63) is 79.2 Å². The fourth-order valence-electron chi connectivity index (χ4n) is 4.59. The van der Waals surface area contributed by atoms with Gasteiger partial charge in [-0.15, -0.1) is 0 Å². The first-order valence-corrected chi connectivity index (χ1v) is 14.3. The molecule has 0 radical (unpaired) electrons. The topological polar surface area (TPSA) is 89.4 Å². The van der Waals surface area contributed by atoms with E-state index in [2.05, 4.69) is 32.3 Å². The summed E-state index contributed by atoms with van der Waals surface area (Å²) in [6.45, 7) is 7.46. The minimum atomic E-state index is -0.245. The number of allylic oxidation sites excluding steroid dienone is 4. The summed E-state index contributed by atoms with van der Waals surface area (Å²) in [5, 5.41) is 3.44. The van der Waals surface area contributed by atoms with E-state index in [1.807, 2.05) is 53.9 Å². The summed E-state index contributed by atoms with van der Waals surface area (Å²) in [5.41, 5.74) is 6.48. The Morgan fingerprint density at radius 3 is 2.83 bits per heavy atom. The van der Waals surface area contributed by atoms with Gasteiger partial charge in [0.15, 0.2) is 17.0 Å². The molecule has 1 saturated heterocycles. The zero-order chi connectivity index (χ0) is 29.0. The molecule has 11 heteroatoms. The van der Waals surface area contributed by atoms with Crippen LogP contribution in [-0.2, 0) is 9.47 Å². The Morgan fingerprint density at radius 2 is 2.05 bits per heavy atom. The minimum Gasteiger partial charge on any atom is -0.471 e. The van der Waals surface area contributed by atoms with Crippen molar-refractivity contribution in [1.82, 2.24) is 19.6 Å². The molecule has 1 aliphatic rings. The average molecular weight is 580 g/mol. The number of hydrogen-bond donors (Lipinski definition) is 2. The Labute approximate surface area is 246 Å². The van der Waals surface area contributed by atoms with E-state index in [-0.39, 0.29) is 18.0 Å². The number of rotatable bonds is 14. The molecule has 218 valence electrons. The van der Waals surface area contributed by atoms with Gasteiger partial charge in [0.05, 0.1) is 25.4 Å². The van der Waals surface area contributed by atoms with Crippen molar-refractivity contribution in [3.8, 4) is 0 Å². The molecule has 0 amide bonds. The number of aromatic nitrogens is 4. The van der Waals surface area contributed by atoms with Gasteiger partial charge in [-0.25, -0.2) is 24.0 Å². The van der Waals surface area contributed by atoms with E-state index in [0.717, 1.165) is 30.5 Å². The number of ether oxygens (including phenoxy) is 2. The molecule has 3 aromatic rings. The summed E-state index contributed by atoms with van der Waals surface area (Å²) in [6.07, 6.45) is 12.2. The van der Waals surface area contributed by atoms with E-state index in [9.17, 15) is 4.39 Å². The highest BCUT2D eigenvalue weighted by Gasteiger charge is 2.25. The van der Waals surface area contributed by atoms with Crippen LogP contribution < -0.4 is 15.6 Å². The lowest BCUT2D eigenvalue weighted by Crippen LogP contribution is -2.27. The molecule has 1 aliphatic heterocycles. The van der Waals surface area contributed by atoms with Gasteiger partial charge in [0.2, 0.25) is 0 Å². The highest BCUT2D eigenvalue weighted by Crippen LogP contribution is 2.24. The van der Waals surface area contributed by atoms with Crippen LogP contribution in [0.2, 0.25) is 0 Å². The number of fused-ring (bicyclic) bond motifs is 1. The monoisotopic (exact) mass is 579 g/mol. The molecule has 2 aromatic heterocycles. The van der Waals surface area contributed by atoms with Crippen molar-refractivity contribution in [2.75, 3.05) is 42.4 Å². The predicted octanol–water partition coefficient (Wildman–Crippen LogP) is 5.92. The molecule has 0 bridgehead atoms. The predicted molar refractivity (Wildman–Crippen MR) is 166 cm³/mol. The molecule has 1 aromatic carbocycles. The van der Waals surface area contributed by atoms with Gasteiger partial charge >= 0.3 is 0 Å². The lowest BCUT2D eigenvalue weighted by atomic mass is 10.1. The Balaban J connectivity index is 1.24. The lowest BCUT2D eigenvalue weighted by Gasteiger charge is -2.19. The van der Waals surface area contributed by atoms with E-state index in [1.54, 1.807) is 18.5 Å². The van der Waals surface area contributed by atoms with E-state index < -0.39 is 0 Å². The van der Waals surface area contributed by atoms with Crippen molar-refractivity contribution >= 4 is 40.1 Å². The normalized spacial score (nSPS) is 17.4. The fraction of sp³-hybridized carbons (Fsp3) is 0.400. The maximum Gasteiger partial charge on any atom is 0.261 e.